The fourth-order valence-electron chi connectivity index (χ4n) is 9.87. The summed E-state index contributed by atoms with van der Waals surface area (Å²) in [5, 5.41) is 34.0. The summed E-state index contributed by atoms with van der Waals surface area (Å²) in [6.07, 6.45) is 8.14. The first-order chi connectivity index (χ1) is 18.0. The molecule has 0 saturated heterocycles. The van der Waals surface area contributed by atoms with E-state index in [0.717, 1.165) is 63.5 Å². The second-order valence-electron chi connectivity index (χ2n) is 13.7. The van der Waals surface area contributed by atoms with Crippen LogP contribution in [0.15, 0.2) is 18.3 Å². The second kappa shape index (κ2) is 9.45. The largest absolute Gasteiger partial charge is 0.393 e. The molecule has 0 aliphatic heterocycles. The minimum absolute atomic E-state index is 0.0744. The molecule has 1 aromatic heterocycles. The van der Waals surface area contributed by atoms with Crippen LogP contribution in [0.25, 0.3) is 10.9 Å². The Morgan fingerprint density at radius 3 is 2.55 bits per heavy atom. The van der Waals surface area contributed by atoms with Gasteiger partial charge in [-0.05, 0) is 104 Å². The average Bonchev–Trinajstić information content (AvgIpc) is 3.23. The molecule has 2 aromatic rings. The van der Waals surface area contributed by atoms with Crippen LogP contribution in [-0.2, 0) is 6.42 Å². The topological polar surface area (TPSA) is 86.5 Å². The zero-order valence-electron chi connectivity index (χ0n) is 22.8. The third kappa shape index (κ3) is 4.02. The van der Waals surface area contributed by atoms with Crippen LogP contribution in [0.1, 0.15) is 78.0 Å². The molecule has 0 bridgehead atoms. The van der Waals surface area contributed by atoms with E-state index < -0.39 is 17.7 Å². The van der Waals surface area contributed by atoms with Crippen LogP contribution in [0.3, 0.4) is 0 Å². The summed E-state index contributed by atoms with van der Waals surface area (Å²) in [7, 11) is 0. The van der Waals surface area contributed by atoms with E-state index in [4.69, 9.17) is 0 Å². The summed E-state index contributed by atoms with van der Waals surface area (Å²) in [4.78, 5) is 8.89. The van der Waals surface area contributed by atoms with Crippen LogP contribution >= 0.6 is 0 Å². The van der Waals surface area contributed by atoms with E-state index in [1.165, 1.54) is 0 Å². The molecule has 4 saturated carbocycles. The van der Waals surface area contributed by atoms with Crippen molar-refractivity contribution in [1.29, 1.82) is 0 Å². The first-order valence-corrected chi connectivity index (χ1v) is 14.7. The van der Waals surface area contributed by atoms with Crippen LogP contribution in [0.2, 0.25) is 0 Å². The van der Waals surface area contributed by atoms with Crippen LogP contribution < -0.4 is 0 Å². The molecule has 6 rings (SSSR count). The number of aryl methyl sites for hydroxylation is 1. The number of aliphatic hydroxyl groups is 3. The lowest BCUT2D eigenvalue weighted by Crippen LogP contribution is -2.62. The first kappa shape index (κ1) is 26.5. The van der Waals surface area contributed by atoms with E-state index in [1.54, 1.807) is 6.20 Å². The zero-order chi connectivity index (χ0) is 27.0. The minimum atomic E-state index is -0.903. The molecule has 4 fully saturated rings. The Kier molecular flexibility index (Phi) is 6.59. The Labute approximate surface area is 224 Å². The molecule has 0 unspecified atom stereocenters. The molecular weight excluding hydrogens is 486 g/mol. The number of benzene rings is 1. The lowest BCUT2D eigenvalue weighted by molar-refractivity contribution is -0.207. The molecular formula is C31H42F2N2O3. The molecule has 0 spiro atoms. The van der Waals surface area contributed by atoms with Gasteiger partial charge in [-0.25, -0.2) is 18.7 Å². The van der Waals surface area contributed by atoms with Crippen molar-refractivity contribution < 1.29 is 24.1 Å². The van der Waals surface area contributed by atoms with Crippen molar-refractivity contribution in [3.05, 3.63) is 35.8 Å². The lowest BCUT2D eigenvalue weighted by Gasteiger charge is -2.63. The molecule has 0 amide bonds. The number of hydrogen-bond donors (Lipinski definition) is 3. The fraction of sp³-hybridized carbons (Fsp3) is 0.742. The smallest absolute Gasteiger partial charge is 0.161 e. The monoisotopic (exact) mass is 528 g/mol. The van der Waals surface area contributed by atoms with Crippen molar-refractivity contribution in [2.75, 3.05) is 0 Å². The molecule has 38 heavy (non-hydrogen) atoms. The molecule has 5 nitrogen and oxygen atoms in total. The van der Waals surface area contributed by atoms with Crippen LogP contribution in [0, 0.1) is 58.0 Å². The second-order valence-corrected chi connectivity index (χ2v) is 13.7. The van der Waals surface area contributed by atoms with E-state index >= 15 is 0 Å². The van der Waals surface area contributed by atoms with Crippen molar-refractivity contribution in [3.63, 3.8) is 0 Å². The maximum Gasteiger partial charge on any atom is 0.161 e. The predicted molar refractivity (Wildman–Crippen MR) is 141 cm³/mol. The number of fused-ring (bicyclic) bond motifs is 6. The quantitative estimate of drug-likeness (QED) is 0.492. The summed E-state index contributed by atoms with van der Waals surface area (Å²) in [5.74, 6) is 0.600. The van der Waals surface area contributed by atoms with E-state index in [9.17, 15) is 24.1 Å². The van der Waals surface area contributed by atoms with Gasteiger partial charge in [0.05, 0.1) is 23.8 Å². The summed E-state index contributed by atoms with van der Waals surface area (Å²) in [6, 6.07) is 2.26. The van der Waals surface area contributed by atoms with Crippen molar-refractivity contribution in [2.24, 2.45) is 46.3 Å². The Morgan fingerprint density at radius 1 is 1.00 bits per heavy atom. The number of nitrogens with zero attached hydrogens (tertiary/aromatic N) is 2. The number of halogens is 2. The van der Waals surface area contributed by atoms with Crippen molar-refractivity contribution in [3.8, 4) is 0 Å². The molecule has 11 atom stereocenters. The standard InChI is InChI=1S/C31H42F2N2O3/c1-16(4-7-28-34-15-17-10-23(32)24(33)14-25(17)35-28)20-5-6-21-29-22(13-27(38)31(20,21)3)30(2)9-8-19(36)11-18(30)12-26(29)37/h10,14-16,18-22,26-27,29,36-38H,4-9,11-13H2,1-3H3/t16-,18+,19-,20-,21+,22+,26-,27+,29+,30+,31-/m1/s1. The third-order valence-electron chi connectivity index (χ3n) is 12.0. The molecule has 208 valence electrons. The maximum absolute atomic E-state index is 13.7. The van der Waals surface area contributed by atoms with Gasteiger partial charge < -0.3 is 15.3 Å². The SMILES string of the molecule is C[C@H](CCc1ncc2cc(F)c(F)cc2n1)[C@H]1CC[C@H]2[C@@H]3[C@H](O)C[C@@H]4C[C@H](O)CC[C@]4(C)[C@H]3C[C@H](O)[C@]12C. The number of rotatable bonds is 4. The van der Waals surface area contributed by atoms with Gasteiger partial charge in [0.15, 0.2) is 11.6 Å². The van der Waals surface area contributed by atoms with E-state index in [0.29, 0.717) is 46.8 Å². The highest BCUT2D eigenvalue weighted by Gasteiger charge is 2.65. The minimum Gasteiger partial charge on any atom is -0.393 e. The highest BCUT2D eigenvalue weighted by molar-refractivity contribution is 5.77. The molecule has 1 heterocycles. The van der Waals surface area contributed by atoms with Crippen molar-refractivity contribution in [1.82, 2.24) is 9.97 Å². The predicted octanol–water partition coefficient (Wildman–Crippen LogP) is 5.44. The van der Waals surface area contributed by atoms with Crippen molar-refractivity contribution >= 4 is 10.9 Å². The fourth-order valence-corrected chi connectivity index (χ4v) is 9.87. The molecule has 0 radical (unpaired) electrons. The Bertz CT molecular complexity index is 1210. The van der Waals surface area contributed by atoms with E-state index in [2.05, 4.69) is 30.7 Å². The van der Waals surface area contributed by atoms with Gasteiger partial charge in [-0.1, -0.05) is 20.8 Å². The van der Waals surface area contributed by atoms with Gasteiger partial charge in [0.2, 0.25) is 0 Å². The summed E-state index contributed by atoms with van der Waals surface area (Å²) >= 11 is 0. The lowest BCUT2D eigenvalue weighted by atomic mass is 9.43. The Hall–Kier alpha value is -1.70. The van der Waals surface area contributed by atoms with Gasteiger partial charge in [0.25, 0.3) is 0 Å². The summed E-state index contributed by atoms with van der Waals surface area (Å²) < 4.78 is 27.3. The third-order valence-corrected chi connectivity index (χ3v) is 12.0. The molecule has 1 aromatic carbocycles. The maximum atomic E-state index is 13.7. The summed E-state index contributed by atoms with van der Waals surface area (Å²) in [6.45, 7) is 6.88. The zero-order valence-corrected chi connectivity index (χ0v) is 22.8. The van der Waals surface area contributed by atoms with Crippen LogP contribution in [-0.4, -0.2) is 43.6 Å². The number of hydrogen-bond acceptors (Lipinski definition) is 5. The Balaban J connectivity index is 1.19. The van der Waals surface area contributed by atoms with Gasteiger partial charge in [-0.2, -0.15) is 0 Å². The van der Waals surface area contributed by atoms with Gasteiger partial charge in [0.1, 0.15) is 5.82 Å². The normalized spacial score (nSPS) is 43.4. The van der Waals surface area contributed by atoms with Crippen LogP contribution in [0.4, 0.5) is 8.78 Å². The molecule has 4 aliphatic rings. The molecule has 3 N–H and O–H groups in total. The van der Waals surface area contributed by atoms with Gasteiger partial charge in [-0.3, -0.25) is 0 Å². The number of aliphatic hydroxyl groups excluding tert-OH is 3. The Morgan fingerprint density at radius 2 is 1.76 bits per heavy atom. The molecule has 7 heteroatoms. The number of aromatic nitrogens is 2. The first-order valence-electron chi connectivity index (χ1n) is 14.7. The van der Waals surface area contributed by atoms with Gasteiger partial charge in [0, 0.05) is 24.1 Å². The highest BCUT2D eigenvalue weighted by atomic mass is 19.2. The summed E-state index contributed by atoms with van der Waals surface area (Å²) in [5.41, 5.74) is 0.242. The van der Waals surface area contributed by atoms with E-state index in [-0.39, 0.29) is 34.9 Å². The average molecular weight is 529 g/mol. The highest BCUT2D eigenvalue weighted by Crippen LogP contribution is 2.68. The van der Waals surface area contributed by atoms with Crippen LogP contribution in [0.5, 0.6) is 0 Å². The van der Waals surface area contributed by atoms with Gasteiger partial charge >= 0.3 is 0 Å². The van der Waals surface area contributed by atoms with E-state index in [1.807, 2.05) is 0 Å². The van der Waals surface area contributed by atoms with Crippen molar-refractivity contribution in [2.45, 2.75) is 96.9 Å². The molecule has 4 aliphatic carbocycles. The van der Waals surface area contributed by atoms with Gasteiger partial charge in [-0.15, -0.1) is 0 Å².